The Balaban J connectivity index is -0.000000579. The van der Waals surface area contributed by atoms with Crippen molar-refractivity contribution in [1.82, 2.24) is 0 Å². The second-order valence-electron chi connectivity index (χ2n) is 2.74. The van der Waals surface area contributed by atoms with Crippen LogP contribution < -0.4 is 0 Å². The first-order valence-corrected chi connectivity index (χ1v) is 6.70. The number of esters is 1. The molecule has 0 fully saturated rings. The quantitative estimate of drug-likeness (QED) is 0.368. The molecule has 3 N–H and O–H groups in total. The fourth-order valence-corrected chi connectivity index (χ4v) is 0.982. The number of hydrogen-bond acceptors (Lipinski definition) is 6. The zero-order valence-corrected chi connectivity index (χ0v) is 13.2. The second-order valence-corrected chi connectivity index (χ2v) is 3.84. The molecule has 0 aromatic carbocycles. The van der Waals surface area contributed by atoms with Crippen molar-refractivity contribution >= 4 is 29.2 Å². The van der Waals surface area contributed by atoms with E-state index in [2.05, 4.69) is 4.74 Å². The van der Waals surface area contributed by atoms with Crippen LogP contribution in [0.25, 0.3) is 0 Å². The summed E-state index contributed by atoms with van der Waals surface area (Å²) in [4.78, 5) is 9.61. The molecule has 6 nitrogen and oxygen atoms in total. The minimum Gasteiger partial charge on any atom is -0.461 e. The van der Waals surface area contributed by atoms with Crippen LogP contribution >= 0.6 is 23.2 Å². The fraction of sp³-hybridized carbons (Fsp3) is 0.909. The molecule has 0 rings (SSSR count). The standard InChI is InChI=1S/C8H14Cl2O5.C2H6.CH4O/c1-2-5(12)6(15-4-11)3-14-8(13)7(9)10;2*1-2/h5-7,11-12H,2-4H2,1H3;1-2H3;2H,1H3/t5-,6?;;/m0../s1. The summed E-state index contributed by atoms with van der Waals surface area (Å²) >= 11 is 10.5. The SMILES string of the molecule is CC.CC[C@H](O)C(COC(=O)C(Cl)Cl)OCO.CO. The second kappa shape index (κ2) is 17.9. The zero-order chi connectivity index (χ0) is 15.8. The minimum atomic E-state index is -1.27. The first kappa shape index (κ1) is 23.9. The molecule has 0 spiro atoms. The topological polar surface area (TPSA) is 96.2 Å². The number of alkyl halides is 2. The van der Waals surface area contributed by atoms with E-state index in [1.165, 1.54) is 0 Å². The van der Waals surface area contributed by atoms with Crippen molar-refractivity contribution in [3.63, 3.8) is 0 Å². The molecule has 0 aromatic heterocycles. The van der Waals surface area contributed by atoms with Gasteiger partial charge in [0.2, 0.25) is 4.84 Å². The molecular weight excluding hydrogens is 299 g/mol. The molecule has 8 heteroatoms. The molecule has 0 aliphatic heterocycles. The normalized spacial score (nSPS) is 12.5. The molecule has 1 unspecified atom stereocenters. The van der Waals surface area contributed by atoms with E-state index in [0.29, 0.717) is 6.42 Å². The van der Waals surface area contributed by atoms with Crippen LogP contribution in [0.15, 0.2) is 0 Å². The Labute approximate surface area is 124 Å². The van der Waals surface area contributed by atoms with E-state index in [9.17, 15) is 9.90 Å². The van der Waals surface area contributed by atoms with E-state index >= 15 is 0 Å². The highest BCUT2D eigenvalue weighted by Gasteiger charge is 2.22. The Morgan fingerprint density at radius 3 is 2.05 bits per heavy atom. The fourth-order valence-electron chi connectivity index (χ4n) is 0.856. The summed E-state index contributed by atoms with van der Waals surface area (Å²) in [6.07, 6.45) is -1.20. The molecule has 118 valence electrons. The third-order valence-electron chi connectivity index (χ3n) is 1.70. The van der Waals surface area contributed by atoms with Crippen LogP contribution in [-0.2, 0) is 14.3 Å². The van der Waals surface area contributed by atoms with E-state index in [1.54, 1.807) is 6.92 Å². The third kappa shape index (κ3) is 14.1. The Bertz CT molecular complexity index is 192. The van der Waals surface area contributed by atoms with Gasteiger partial charge in [-0.3, -0.25) is 0 Å². The molecule has 0 saturated carbocycles. The third-order valence-corrected chi connectivity index (χ3v) is 2.06. The highest BCUT2D eigenvalue weighted by Crippen LogP contribution is 2.08. The van der Waals surface area contributed by atoms with Crippen molar-refractivity contribution in [1.29, 1.82) is 0 Å². The lowest BCUT2D eigenvalue weighted by Gasteiger charge is -2.21. The summed E-state index contributed by atoms with van der Waals surface area (Å²) in [5.74, 6) is -0.812. The zero-order valence-electron chi connectivity index (χ0n) is 11.7. The van der Waals surface area contributed by atoms with Gasteiger partial charge in [0.15, 0.2) is 0 Å². The van der Waals surface area contributed by atoms with Crippen LogP contribution in [0.3, 0.4) is 0 Å². The lowest BCUT2D eigenvalue weighted by molar-refractivity contribution is -0.156. The largest absolute Gasteiger partial charge is 0.461 e. The number of aliphatic hydroxyl groups excluding tert-OH is 3. The predicted molar refractivity (Wildman–Crippen MR) is 74.2 cm³/mol. The Morgan fingerprint density at radius 2 is 1.74 bits per heavy atom. The van der Waals surface area contributed by atoms with Crippen molar-refractivity contribution in [2.75, 3.05) is 20.5 Å². The lowest BCUT2D eigenvalue weighted by Crippen LogP contribution is -2.35. The van der Waals surface area contributed by atoms with Gasteiger partial charge in [-0.1, -0.05) is 44.0 Å². The van der Waals surface area contributed by atoms with Crippen LogP contribution in [0.4, 0.5) is 0 Å². The van der Waals surface area contributed by atoms with Crippen molar-refractivity contribution in [3.05, 3.63) is 0 Å². The summed E-state index contributed by atoms with van der Waals surface area (Å²) in [6.45, 7) is 4.96. The van der Waals surface area contributed by atoms with Gasteiger partial charge >= 0.3 is 5.97 Å². The molecule has 0 heterocycles. The van der Waals surface area contributed by atoms with Gasteiger partial charge in [-0.15, -0.1) is 0 Å². The molecule has 0 radical (unpaired) electrons. The molecule has 0 aliphatic rings. The Kier molecular flexibility index (Phi) is 22.5. The van der Waals surface area contributed by atoms with E-state index in [1.807, 2.05) is 13.8 Å². The summed E-state index contributed by atoms with van der Waals surface area (Å²) in [7, 11) is 1.00. The number of ether oxygens (including phenoxy) is 2. The van der Waals surface area contributed by atoms with Gasteiger partial charge in [0, 0.05) is 7.11 Å². The van der Waals surface area contributed by atoms with Crippen LogP contribution in [0.5, 0.6) is 0 Å². The molecule has 2 atom stereocenters. The maximum Gasteiger partial charge on any atom is 0.339 e. The molecule has 0 amide bonds. The monoisotopic (exact) mass is 322 g/mol. The lowest BCUT2D eigenvalue weighted by atomic mass is 10.2. The molecule has 19 heavy (non-hydrogen) atoms. The van der Waals surface area contributed by atoms with Gasteiger partial charge in [-0.2, -0.15) is 0 Å². The number of aliphatic hydroxyl groups is 3. The number of hydrogen-bond donors (Lipinski definition) is 3. The highest BCUT2D eigenvalue weighted by molar-refractivity contribution is 6.52. The number of carbonyl (C=O) groups is 1. The molecule has 0 saturated heterocycles. The Morgan fingerprint density at radius 1 is 1.26 bits per heavy atom. The summed E-state index contributed by atoms with van der Waals surface area (Å²) in [6, 6.07) is 0. The first-order valence-electron chi connectivity index (χ1n) is 5.82. The number of rotatable bonds is 7. The molecule has 0 aliphatic carbocycles. The highest BCUT2D eigenvalue weighted by atomic mass is 35.5. The van der Waals surface area contributed by atoms with Gasteiger partial charge in [0.05, 0.1) is 6.10 Å². The maximum atomic E-state index is 10.9. The summed E-state index contributed by atoms with van der Waals surface area (Å²) < 4.78 is 9.41. The first-order chi connectivity index (χ1) is 9.02. The Hall–Kier alpha value is -0.110. The van der Waals surface area contributed by atoms with Crippen molar-refractivity contribution < 1.29 is 29.6 Å². The van der Waals surface area contributed by atoms with Gasteiger partial charge in [0.25, 0.3) is 0 Å². The van der Waals surface area contributed by atoms with Crippen LogP contribution in [0.1, 0.15) is 27.2 Å². The van der Waals surface area contributed by atoms with Gasteiger partial charge in [0.1, 0.15) is 19.5 Å². The summed E-state index contributed by atoms with van der Waals surface area (Å²) in [5, 5.41) is 24.9. The van der Waals surface area contributed by atoms with Crippen LogP contribution in [0, 0.1) is 0 Å². The van der Waals surface area contributed by atoms with E-state index in [-0.39, 0.29) is 6.61 Å². The predicted octanol–water partition coefficient (Wildman–Crippen LogP) is 1.07. The van der Waals surface area contributed by atoms with Gasteiger partial charge in [-0.05, 0) is 6.42 Å². The number of carbonyl (C=O) groups excluding carboxylic acids is 1. The van der Waals surface area contributed by atoms with Crippen LogP contribution in [0.2, 0.25) is 0 Å². The van der Waals surface area contributed by atoms with Gasteiger partial charge < -0.3 is 24.8 Å². The van der Waals surface area contributed by atoms with E-state index in [4.69, 9.17) is 38.2 Å². The minimum absolute atomic E-state index is 0.204. The summed E-state index contributed by atoms with van der Waals surface area (Å²) in [5.41, 5.74) is 0. The molecule has 0 aromatic rings. The van der Waals surface area contributed by atoms with E-state index < -0.39 is 29.8 Å². The smallest absolute Gasteiger partial charge is 0.339 e. The molecular formula is C11H24Cl2O6. The maximum absolute atomic E-state index is 10.9. The molecule has 0 bridgehead atoms. The number of halogens is 2. The van der Waals surface area contributed by atoms with Crippen molar-refractivity contribution in [2.45, 2.75) is 44.2 Å². The average Bonchev–Trinajstić information content (AvgIpc) is 2.46. The van der Waals surface area contributed by atoms with Crippen LogP contribution in [-0.4, -0.2) is 58.8 Å². The van der Waals surface area contributed by atoms with Crippen molar-refractivity contribution in [2.24, 2.45) is 0 Å². The van der Waals surface area contributed by atoms with Crippen molar-refractivity contribution in [3.8, 4) is 0 Å². The average molecular weight is 323 g/mol. The van der Waals surface area contributed by atoms with E-state index in [0.717, 1.165) is 7.11 Å². The van der Waals surface area contributed by atoms with Gasteiger partial charge in [-0.25, -0.2) is 4.79 Å².